The van der Waals surface area contributed by atoms with Gasteiger partial charge in [0.05, 0.1) is 22.1 Å². The van der Waals surface area contributed by atoms with Gasteiger partial charge in [0.15, 0.2) is 24.8 Å². The number of nitrogens with zero attached hydrogens (tertiary/aromatic N) is 8. The number of carbonyl (C=O) groups excluding carboxylic acids is 2. The molecule has 0 bridgehead atoms. The maximum Gasteiger partial charge on any atom is 0.246 e. The number of pyridine rings is 6. The molecule has 6 heterocycles. The first-order valence-electron chi connectivity index (χ1n) is 16.7. The minimum atomic E-state index is -0.111. The third-order valence-electron chi connectivity index (χ3n) is 8.27. The van der Waals surface area contributed by atoms with Crippen LogP contribution in [-0.2, 0) is 36.8 Å². The van der Waals surface area contributed by atoms with Gasteiger partial charge in [0, 0.05) is 101 Å². The highest BCUT2D eigenvalue weighted by molar-refractivity contribution is 5.77. The molecule has 0 aliphatic rings. The Hall–Kier alpha value is -6.16. The fourth-order valence-corrected chi connectivity index (χ4v) is 5.46. The Morgan fingerprint density at radius 3 is 1.32 bits per heavy atom. The van der Waals surface area contributed by atoms with E-state index in [1.807, 2.05) is 122 Å². The molecule has 0 atom stereocenters. The van der Waals surface area contributed by atoms with Crippen molar-refractivity contribution in [3.8, 4) is 33.6 Å². The standard InChI is InChI=1S/C40H40N8O2/c1-45-21-13-35(14-22-45)43-39(49)5-3-19-47-25-9-31(10-26-47)33-7-17-41-37(29-33)38-30-34(8-18-42-38)32-11-27-48(28-12-32)20-4-6-40(50)44-36-15-23-46(2)24-16-36/h7-18,21-30H,3-6,19-20H2,1-2H3/q+2. The van der Waals surface area contributed by atoms with Gasteiger partial charge in [-0.25, -0.2) is 19.1 Å². The number of rotatable bonds is 11. The second kappa shape index (κ2) is 16.3. The molecule has 0 spiro atoms. The van der Waals surface area contributed by atoms with Gasteiger partial charge in [-0.3, -0.25) is 19.6 Å². The summed E-state index contributed by atoms with van der Waals surface area (Å²) in [4.78, 5) is 42.2. The maximum absolute atomic E-state index is 12.3. The molecule has 0 fully saturated rings. The molecule has 10 nitrogen and oxygen atoms in total. The topological polar surface area (TPSA) is 102 Å². The molecule has 2 amide bonds. The molecule has 0 radical (unpaired) electrons. The summed E-state index contributed by atoms with van der Waals surface area (Å²) >= 11 is 0. The molecule has 0 aliphatic carbocycles. The lowest BCUT2D eigenvalue weighted by atomic mass is 10.0. The van der Waals surface area contributed by atoms with Crippen LogP contribution in [0.2, 0.25) is 0 Å². The van der Waals surface area contributed by atoms with E-state index in [1.54, 1.807) is 0 Å². The number of aromatic nitrogens is 6. The predicted molar refractivity (Wildman–Crippen MR) is 189 cm³/mol. The average molecular weight is 665 g/mol. The molecule has 50 heavy (non-hydrogen) atoms. The van der Waals surface area contributed by atoms with Crippen LogP contribution < -0.4 is 19.8 Å². The van der Waals surface area contributed by atoms with E-state index < -0.39 is 0 Å². The van der Waals surface area contributed by atoms with E-state index in [2.05, 4.69) is 65.5 Å². The van der Waals surface area contributed by atoms with Gasteiger partial charge in [-0.15, -0.1) is 0 Å². The minimum Gasteiger partial charge on any atom is -0.357 e. The molecular formula is C40H40N8O2+2. The van der Waals surface area contributed by atoms with Crippen molar-refractivity contribution >= 4 is 11.8 Å². The third-order valence-corrected chi connectivity index (χ3v) is 8.27. The zero-order valence-corrected chi connectivity index (χ0v) is 28.3. The lowest BCUT2D eigenvalue weighted by Crippen LogP contribution is -2.32. The van der Waals surface area contributed by atoms with E-state index in [-0.39, 0.29) is 11.8 Å². The molecule has 250 valence electrons. The summed E-state index contributed by atoms with van der Waals surface area (Å²) in [7, 11) is 3.86. The molecule has 0 aromatic carbocycles. The second-order valence-electron chi connectivity index (χ2n) is 12.2. The summed E-state index contributed by atoms with van der Waals surface area (Å²) in [6, 6.07) is 23.7. The van der Waals surface area contributed by atoms with Gasteiger partial charge in [0.2, 0.25) is 11.8 Å². The zero-order valence-electron chi connectivity index (χ0n) is 28.3. The molecular weight excluding hydrogens is 624 g/mol. The number of amides is 2. The van der Waals surface area contributed by atoms with E-state index in [0.29, 0.717) is 36.4 Å². The van der Waals surface area contributed by atoms with Crippen LogP contribution in [0.5, 0.6) is 0 Å². The molecule has 10 heteroatoms. The maximum atomic E-state index is 12.3. The molecule has 6 aromatic heterocycles. The lowest BCUT2D eigenvalue weighted by molar-refractivity contribution is -0.697. The molecule has 0 N–H and O–H groups in total. The van der Waals surface area contributed by atoms with Crippen LogP contribution in [-0.4, -0.2) is 30.9 Å². The zero-order chi connectivity index (χ0) is 34.7. The Morgan fingerprint density at radius 1 is 0.560 bits per heavy atom. The van der Waals surface area contributed by atoms with Gasteiger partial charge >= 0.3 is 0 Å². The molecule has 0 saturated heterocycles. The quantitative estimate of drug-likeness (QED) is 0.190. The SMILES string of the molecule is Cn1ccc(=NC(=O)CCC[n+]2ccc(-c3ccnc(-c4cc(-c5cc[n+](CCCC(=O)N=c6ccn(C)cc6)cc5)ccn4)c3)cc2)cc1. The fourth-order valence-electron chi connectivity index (χ4n) is 5.46. The number of aryl methyl sites for hydroxylation is 4. The first kappa shape index (κ1) is 33.7. The molecule has 0 saturated carbocycles. The molecule has 0 aliphatic heterocycles. The highest BCUT2D eigenvalue weighted by atomic mass is 16.1. The predicted octanol–water partition coefficient (Wildman–Crippen LogP) is 4.55. The Balaban J connectivity index is 1.03. The van der Waals surface area contributed by atoms with Crippen LogP contribution in [0, 0.1) is 0 Å². The van der Waals surface area contributed by atoms with Crippen LogP contribution in [0.4, 0.5) is 0 Å². The van der Waals surface area contributed by atoms with E-state index in [9.17, 15) is 9.59 Å². The number of hydrogen-bond donors (Lipinski definition) is 0. The first-order valence-corrected chi connectivity index (χ1v) is 16.7. The van der Waals surface area contributed by atoms with E-state index >= 15 is 0 Å². The summed E-state index contributed by atoms with van der Waals surface area (Å²) in [5.41, 5.74) is 5.82. The van der Waals surface area contributed by atoms with Gasteiger partial charge in [0.1, 0.15) is 13.1 Å². The van der Waals surface area contributed by atoms with Crippen molar-refractivity contribution in [3.63, 3.8) is 0 Å². The highest BCUT2D eigenvalue weighted by Gasteiger charge is 2.10. The van der Waals surface area contributed by atoms with Crippen LogP contribution in [0.3, 0.4) is 0 Å². The van der Waals surface area contributed by atoms with Gasteiger partial charge in [-0.2, -0.15) is 0 Å². The van der Waals surface area contributed by atoms with E-state index in [1.165, 1.54) is 0 Å². The summed E-state index contributed by atoms with van der Waals surface area (Å²) < 4.78 is 7.98. The number of carbonyl (C=O) groups is 2. The monoisotopic (exact) mass is 664 g/mol. The Bertz CT molecular complexity index is 2040. The Kier molecular flexibility index (Phi) is 11.0. The van der Waals surface area contributed by atoms with Gasteiger partial charge in [-0.05, 0) is 70.8 Å². The van der Waals surface area contributed by atoms with E-state index in [0.717, 1.165) is 46.7 Å². The summed E-state index contributed by atoms with van der Waals surface area (Å²) in [5, 5.41) is 1.36. The summed E-state index contributed by atoms with van der Waals surface area (Å²) in [6.45, 7) is 1.46. The minimum absolute atomic E-state index is 0.111. The van der Waals surface area contributed by atoms with Crippen molar-refractivity contribution in [2.24, 2.45) is 24.1 Å². The van der Waals surface area contributed by atoms with Crippen molar-refractivity contribution < 1.29 is 18.7 Å². The Labute approximate surface area is 291 Å². The smallest absolute Gasteiger partial charge is 0.246 e. The molecule has 6 rings (SSSR count). The molecule has 0 unspecified atom stereocenters. The third kappa shape index (κ3) is 9.47. The fraction of sp³-hybridized carbons (Fsp3) is 0.200. The Morgan fingerprint density at radius 2 is 0.940 bits per heavy atom. The largest absolute Gasteiger partial charge is 0.357 e. The highest BCUT2D eigenvalue weighted by Crippen LogP contribution is 2.26. The van der Waals surface area contributed by atoms with Gasteiger partial charge in [-0.1, -0.05) is 0 Å². The van der Waals surface area contributed by atoms with Crippen LogP contribution in [0.25, 0.3) is 33.6 Å². The average Bonchev–Trinajstić information content (AvgIpc) is 3.14. The first-order chi connectivity index (χ1) is 24.4. The van der Waals surface area contributed by atoms with Gasteiger partial charge in [0.25, 0.3) is 0 Å². The lowest BCUT2D eigenvalue weighted by Gasteiger charge is -2.07. The van der Waals surface area contributed by atoms with Crippen molar-refractivity contribution in [2.75, 3.05) is 0 Å². The van der Waals surface area contributed by atoms with Crippen LogP contribution >= 0.6 is 0 Å². The van der Waals surface area contributed by atoms with Gasteiger partial charge < -0.3 is 9.13 Å². The van der Waals surface area contributed by atoms with Crippen LogP contribution in [0.1, 0.15) is 25.7 Å². The van der Waals surface area contributed by atoms with Crippen molar-refractivity contribution in [3.05, 3.63) is 145 Å². The molecule has 6 aromatic rings. The normalized spacial score (nSPS) is 10.8. The van der Waals surface area contributed by atoms with Crippen molar-refractivity contribution in [1.29, 1.82) is 0 Å². The van der Waals surface area contributed by atoms with Crippen molar-refractivity contribution in [1.82, 2.24) is 19.1 Å². The van der Waals surface area contributed by atoms with E-state index in [4.69, 9.17) is 0 Å². The summed E-state index contributed by atoms with van der Waals surface area (Å²) in [5.74, 6) is -0.222. The second-order valence-corrected chi connectivity index (χ2v) is 12.2. The van der Waals surface area contributed by atoms with Crippen LogP contribution in [0.15, 0.2) is 145 Å². The number of hydrogen-bond acceptors (Lipinski definition) is 4. The summed E-state index contributed by atoms with van der Waals surface area (Å²) in [6.07, 6.45) is 21.5. The van der Waals surface area contributed by atoms with Crippen molar-refractivity contribution in [2.45, 2.75) is 38.8 Å².